The summed E-state index contributed by atoms with van der Waals surface area (Å²) in [4.78, 5) is 2.33. The standard InChI is InChI=1S/C14H22N2O3S/c1-20(17,18)16-9-4-7-14(16)6-3-8-15(12-14)11-13-5-2-10-19-13/h2,5,10H,3-4,6-9,11-12H2,1H3. The van der Waals surface area contributed by atoms with Crippen LogP contribution in [0.4, 0.5) is 0 Å². The number of likely N-dealkylation sites (tertiary alicyclic amines) is 1. The first kappa shape index (κ1) is 14.1. The molecule has 3 rings (SSSR count). The maximum atomic E-state index is 12.0. The number of hydrogen-bond acceptors (Lipinski definition) is 4. The molecular weight excluding hydrogens is 276 g/mol. The second-order valence-electron chi connectivity index (χ2n) is 6.06. The molecule has 112 valence electrons. The molecule has 0 amide bonds. The van der Waals surface area contributed by atoms with Crippen molar-refractivity contribution >= 4 is 10.0 Å². The Kier molecular flexibility index (Phi) is 3.64. The van der Waals surface area contributed by atoms with E-state index < -0.39 is 10.0 Å². The summed E-state index contributed by atoms with van der Waals surface area (Å²) >= 11 is 0. The summed E-state index contributed by atoms with van der Waals surface area (Å²) in [6.45, 7) is 3.28. The lowest BCUT2D eigenvalue weighted by Crippen LogP contribution is -2.56. The largest absolute Gasteiger partial charge is 0.468 e. The predicted molar refractivity (Wildman–Crippen MR) is 76.7 cm³/mol. The van der Waals surface area contributed by atoms with Gasteiger partial charge in [0, 0.05) is 18.6 Å². The second kappa shape index (κ2) is 5.16. The number of nitrogens with zero attached hydrogens (tertiary/aromatic N) is 2. The Morgan fingerprint density at radius 2 is 2.05 bits per heavy atom. The van der Waals surface area contributed by atoms with Crippen molar-refractivity contribution in [3.8, 4) is 0 Å². The van der Waals surface area contributed by atoms with Crippen molar-refractivity contribution in [2.45, 2.75) is 37.8 Å². The Labute approximate surface area is 120 Å². The molecule has 0 radical (unpaired) electrons. The molecule has 0 aliphatic carbocycles. The summed E-state index contributed by atoms with van der Waals surface area (Å²) in [5, 5.41) is 0. The van der Waals surface area contributed by atoms with Crippen molar-refractivity contribution in [3.05, 3.63) is 24.2 Å². The van der Waals surface area contributed by atoms with E-state index in [9.17, 15) is 8.42 Å². The number of hydrogen-bond donors (Lipinski definition) is 0. The van der Waals surface area contributed by atoms with Gasteiger partial charge < -0.3 is 4.42 Å². The number of furan rings is 1. The SMILES string of the molecule is CS(=O)(=O)N1CCCC12CCCN(Cc1ccco1)C2. The van der Waals surface area contributed by atoms with Crippen LogP contribution in [-0.4, -0.2) is 49.1 Å². The van der Waals surface area contributed by atoms with Crippen molar-refractivity contribution < 1.29 is 12.8 Å². The van der Waals surface area contributed by atoms with E-state index in [0.717, 1.165) is 51.1 Å². The molecule has 0 bridgehead atoms. The molecule has 6 heteroatoms. The van der Waals surface area contributed by atoms with Crippen LogP contribution in [0.5, 0.6) is 0 Å². The van der Waals surface area contributed by atoms with E-state index >= 15 is 0 Å². The van der Waals surface area contributed by atoms with Gasteiger partial charge in [0.1, 0.15) is 5.76 Å². The number of rotatable bonds is 3. The van der Waals surface area contributed by atoms with Crippen molar-refractivity contribution in [3.63, 3.8) is 0 Å². The number of piperidine rings is 1. The van der Waals surface area contributed by atoms with Crippen molar-refractivity contribution in [2.24, 2.45) is 0 Å². The van der Waals surface area contributed by atoms with Crippen LogP contribution >= 0.6 is 0 Å². The average molecular weight is 298 g/mol. The molecule has 5 nitrogen and oxygen atoms in total. The Morgan fingerprint density at radius 1 is 1.30 bits per heavy atom. The summed E-state index contributed by atoms with van der Waals surface area (Å²) in [5.41, 5.74) is -0.182. The summed E-state index contributed by atoms with van der Waals surface area (Å²) in [7, 11) is -3.11. The minimum Gasteiger partial charge on any atom is -0.468 e. The molecule has 2 aliphatic heterocycles. The van der Waals surface area contributed by atoms with Gasteiger partial charge in [0.2, 0.25) is 10.0 Å². The van der Waals surface area contributed by atoms with Crippen LogP contribution in [0.15, 0.2) is 22.8 Å². The van der Waals surface area contributed by atoms with Crippen LogP contribution in [0.3, 0.4) is 0 Å². The normalized spacial score (nSPS) is 29.2. The first-order valence-electron chi connectivity index (χ1n) is 7.22. The van der Waals surface area contributed by atoms with Crippen LogP contribution in [-0.2, 0) is 16.6 Å². The molecule has 20 heavy (non-hydrogen) atoms. The van der Waals surface area contributed by atoms with Crippen molar-refractivity contribution in [2.75, 3.05) is 25.9 Å². The lowest BCUT2D eigenvalue weighted by atomic mass is 9.87. The van der Waals surface area contributed by atoms with E-state index in [1.165, 1.54) is 6.26 Å². The molecule has 0 aromatic carbocycles. The third kappa shape index (κ3) is 2.64. The predicted octanol–water partition coefficient (Wildman–Crippen LogP) is 1.67. The fraction of sp³-hybridized carbons (Fsp3) is 0.714. The minimum atomic E-state index is -3.11. The highest BCUT2D eigenvalue weighted by atomic mass is 32.2. The molecule has 1 aromatic heterocycles. The Morgan fingerprint density at radius 3 is 2.70 bits per heavy atom. The zero-order chi connectivity index (χ0) is 14.2. The lowest BCUT2D eigenvalue weighted by Gasteiger charge is -2.44. The van der Waals surface area contributed by atoms with E-state index in [4.69, 9.17) is 4.42 Å². The van der Waals surface area contributed by atoms with E-state index in [0.29, 0.717) is 6.54 Å². The van der Waals surface area contributed by atoms with Gasteiger partial charge in [-0.3, -0.25) is 4.90 Å². The van der Waals surface area contributed by atoms with E-state index in [-0.39, 0.29) is 5.54 Å². The first-order chi connectivity index (χ1) is 9.50. The van der Waals surface area contributed by atoms with Crippen LogP contribution in [0.2, 0.25) is 0 Å². The summed E-state index contributed by atoms with van der Waals surface area (Å²) in [6.07, 6.45) is 7.01. The van der Waals surface area contributed by atoms with Gasteiger partial charge in [-0.1, -0.05) is 0 Å². The van der Waals surface area contributed by atoms with E-state index in [2.05, 4.69) is 4.90 Å². The van der Waals surface area contributed by atoms with Gasteiger partial charge >= 0.3 is 0 Å². The highest BCUT2D eigenvalue weighted by Crippen LogP contribution is 2.39. The zero-order valence-electron chi connectivity index (χ0n) is 11.9. The zero-order valence-corrected chi connectivity index (χ0v) is 12.7. The Hall–Kier alpha value is -0.850. The molecule has 0 N–H and O–H groups in total. The highest BCUT2D eigenvalue weighted by Gasteiger charge is 2.47. The number of sulfonamides is 1. The fourth-order valence-electron chi connectivity index (χ4n) is 3.80. The average Bonchev–Trinajstić information content (AvgIpc) is 2.99. The van der Waals surface area contributed by atoms with Crippen LogP contribution < -0.4 is 0 Å². The quantitative estimate of drug-likeness (QED) is 0.852. The molecule has 2 saturated heterocycles. The molecule has 1 unspecified atom stereocenters. The van der Waals surface area contributed by atoms with E-state index in [1.54, 1.807) is 10.6 Å². The fourth-order valence-corrected chi connectivity index (χ4v) is 5.21. The van der Waals surface area contributed by atoms with Gasteiger partial charge in [-0.15, -0.1) is 0 Å². The molecule has 1 spiro atoms. The third-order valence-electron chi connectivity index (χ3n) is 4.53. The Bertz CT molecular complexity index is 555. The smallest absolute Gasteiger partial charge is 0.211 e. The van der Waals surface area contributed by atoms with Crippen LogP contribution in [0.1, 0.15) is 31.4 Å². The minimum absolute atomic E-state index is 0.182. The van der Waals surface area contributed by atoms with Gasteiger partial charge in [0.05, 0.1) is 19.1 Å². The summed E-state index contributed by atoms with van der Waals surface area (Å²) in [6, 6.07) is 3.87. The molecule has 3 heterocycles. The molecule has 2 fully saturated rings. The second-order valence-corrected chi connectivity index (χ2v) is 7.96. The van der Waals surface area contributed by atoms with Crippen LogP contribution in [0.25, 0.3) is 0 Å². The maximum Gasteiger partial charge on any atom is 0.211 e. The molecular formula is C14H22N2O3S. The summed E-state index contributed by atoms with van der Waals surface area (Å²) < 4.78 is 31.2. The Balaban J connectivity index is 1.77. The molecule has 1 aromatic rings. The van der Waals surface area contributed by atoms with E-state index in [1.807, 2.05) is 12.1 Å². The third-order valence-corrected chi connectivity index (χ3v) is 5.90. The molecule has 2 aliphatic rings. The van der Waals surface area contributed by atoms with Gasteiger partial charge in [-0.2, -0.15) is 4.31 Å². The summed E-state index contributed by atoms with van der Waals surface area (Å²) in [5.74, 6) is 0.950. The lowest BCUT2D eigenvalue weighted by molar-refractivity contribution is 0.0795. The molecule has 0 saturated carbocycles. The monoisotopic (exact) mass is 298 g/mol. The van der Waals surface area contributed by atoms with Gasteiger partial charge in [-0.05, 0) is 44.4 Å². The molecule has 1 atom stereocenters. The van der Waals surface area contributed by atoms with Crippen molar-refractivity contribution in [1.29, 1.82) is 0 Å². The van der Waals surface area contributed by atoms with Gasteiger partial charge in [-0.25, -0.2) is 8.42 Å². The van der Waals surface area contributed by atoms with Gasteiger partial charge in [0.15, 0.2) is 0 Å². The van der Waals surface area contributed by atoms with Crippen LogP contribution in [0, 0.1) is 0 Å². The van der Waals surface area contributed by atoms with Crippen molar-refractivity contribution in [1.82, 2.24) is 9.21 Å². The maximum absolute atomic E-state index is 12.0. The van der Waals surface area contributed by atoms with Gasteiger partial charge in [0.25, 0.3) is 0 Å². The first-order valence-corrected chi connectivity index (χ1v) is 9.07. The topological polar surface area (TPSA) is 53.8 Å². The highest BCUT2D eigenvalue weighted by molar-refractivity contribution is 7.88.